The van der Waals surface area contributed by atoms with Gasteiger partial charge in [0.2, 0.25) is 18.6 Å². The van der Waals surface area contributed by atoms with Gasteiger partial charge in [0.25, 0.3) is 11.1 Å². The molecule has 0 atom stereocenters. The van der Waals surface area contributed by atoms with Crippen LogP contribution in [0.25, 0.3) is 17.0 Å². The molecule has 10 nitrogen and oxygen atoms in total. The van der Waals surface area contributed by atoms with Crippen LogP contribution in [0.2, 0.25) is 5.02 Å². The summed E-state index contributed by atoms with van der Waals surface area (Å²) < 4.78 is 12.6. The van der Waals surface area contributed by atoms with E-state index in [-0.39, 0.29) is 24.2 Å². The summed E-state index contributed by atoms with van der Waals surface area (Å²) in [5, 5.41) is 6.33. The average molecular weight is 617 g/mol. The molecule has 0 aliphatic carbocycles. The first-order valence-electron chi connectivity index (χ1n) is 13.3. The lowest BCUT2D eigenvalue weighted by molar-refractivity contribution is -0.127. The van der Waals surface area contributed by atoms with Crippen molar-refractivity contribution in [1.29, 1.82) is 0 Å². The lowest BCUT2D eigenvalue weighted by Gasteiger charge is -2.13. The molecule has 0 bridgehead atoms. The monoisotopic (exact) mass is 616 g/mol. The van der Waals surface area contributed by atoms with Crippen molar-refractivity contribution in [3.8, 4) is 11.5 Å². The van der Waals surface area contributed by atoms with Crippen molar-refractivity contribution in [2.75, 3.05) is 24.0 Å². The summed E-state index contributed by atoms with van der Waals surface area (Å²) >= 11 is 6.81. The summed E-state index contributed by atoms with van der Waals surface area (Å²) in [6.07, 6.45) is 1.65. The molecule has 6 rings (SSSR count). The number of anilines is 2. The predicted octanol–water partition coefficient (Wildman–Crippen LogP) is 5.95. The first-order chi connectivity index (χ1) is 20.7. The molecule has 1 fully saturated rings. The normalized spacial score (nSPS) is 15.0. The zero-order valence-electron chi connectivity index (χ0n) is 23.1. The van der Waals surface area contributed by atoms with Gasteiger partial charge in [0.1, 0.15) is 13.1 Å². The largest absolute Gasteiger partial charge is 0.454 e. The van der Waals surface area contributed by atoms with Crippen molar-refractivity contribution < 1.29 is 28.7 Å². The SMILES string of the molecule is Cc1ccc(Cl)cc1NC(=O)CN1C(=O)S/C(=C\c2c(C)n(CC(=O)Nc3ccc4c(c3)OCO4)c3ccccc23)C1=O. The number of hydrogen-bond acceptors (Lipinski definition) is 7. The van der Waals surface area contributed by atoms with E-state index in [1.165, 1.54) is 0 Å². The van der Waals surface area contributed by atoms with Gasteiger partial charge in [-0.2, -0.15) is 0 Å². The number of amides is 4. The minimum absolute atomic E-state index is 0.0131. The van der Waals surface area contributed by atoms with Gasteiger partial charge in [0.05, 0.1) is 4.91 Å². The van der Waals surface area contributed by atoms with Crippen molar-refractivity contribution in [2.24, 2.45) is 0 Å². The lowest BCUT2D eigenvalue weighted by Crippen LogP contribution is -2.36. The summed E-state index contributed by atoms with van der Waals surface area (Å²) in [4.78, 5) is 53.0. The number of thioether (sulfide) groups is 1. The molecule has 1 saturated heterocycles. The Hall–Kier alpha value is -4.74. The molecule has 3 heterocycles. The van der Waals surface area contributed by atoms with Gasteiger partial charge in [-0.1, -0.05) is 35.9 Å². The highest BCUT2D eigenvalue weighted by atomic mass is 35.5. The number of carbonyl (C=O) groups is 4. The Morgan fingerprint density at radius 2 is 1.72 bits per heavy atom. The van der Waals surface area contributed by atoms with Crippen molar-refractivity contribution >= 4 is 74.7 Å². The van der Waals surface area contributed by atoms with E-state index in [2.05, 4.69) is 10.6 Å². The standard InChI is InChI=1S/C31H25ClN4O6S/c1-17-7-8-19(32)11-23(17)34-29(38)15-36-30(39)27(43-31(36)40)13-22-18(2)35(24-6-4-3-5-21(22)24)14-28(37)33-20-9-10-25-26(12-20)42-16-41-25/h3-13H,14-16H2,1-2H3,(H,33,37)(H,34,38)/b27-13-. The molecule has 218 valence electrons. The molecular formula is C31H25ClN4O6S. The maximum Gasteiger partial charge on any atom is 0.294 e. The molecule has 0 unspecified atom stereocenters. The van der Waals surface area contributed by atoms with E-state index < -0.39 is 23.6 Å². The third-order valence-corrected chi connectivity index (χ3v) is 8.30. The third-order valence-electron chi connectivity index (χ3n) is 7.16. The average Bonchev–Trinajstić information content (AvgIpc) is 3.63. The van der Waals surface area contributed by atoms with E-state index in [1.54, 1.807) is 42.5 Å². The van der Waals surface area contributed by atoms with E-state index in [0.717, 1.165) is 38.8 Å². The summed E-state index contributed by atoms with van der Waals surface area (Å²) in [5.74, 6) is -0.153. The van der Waals surface area contributed by atoms with E-state index in [0.29, 0.717) is 33.5 Å². The fraction of sp³-hybridized carbons (Fsp3) is 0.161. The molecule has 1 aromatic heterocycles. The van der Waals surface area contributed by atoms with Crippen LogP contribution in [0, 0.1) is 13.8 Å². The maximum atomic E-state index is 13.3. The zero-order chi connectivity index (χ0) is 30.2. The van der Waals surface area contributed by atoms with E-state index in [9.17, 15) is 19.2 Å². The highest BCUT2D eigenvalue weighted by molar-refractivity contribution is 8.18. The molecule has 2 aliphatic rings. The van der Waals surface area contributed by atoms with Gasteiger partial charge in [-0.25, -0.2) is 0 Å². The van der Waals surface area contributed by atoms with Gasteiger partial charge in [0, 0.05) is 44.6 Å². The topological polar surface area (TPSA) is 119 Å². The van der Waals surface area contributed by atoms with Gasteiger partial charge in [0.15, 0.2) is 11.5 Å². The Kier molecular flexibility index (Phi) is 7.59. The van der Waals surface area contributed by atoms with Crippen LogP contribution in [0.5, 0.6) is 11.5 Å². The second-order valence-corrected chi connectivity index (χ2v) is 11.4. The number of aromatic nitrogens is 1. The number of hydrogen-bond donors (Lipinski definition) is 2. The Balaban J connectivity index is 1.21. The molecule has 2 aliphatic heterocycles. The quantitative estimate of drug-likeness (QED) is 0.246. The van der Waals surface area contributed by atoms with Crippen LogP contribution >= 0.6 is 23.4 Å². The summed E-state index contributed by atoms with van der Waals surface area (Å²) in [6, 6.07) is 17.8. The van der Waals surface area contributed by atoms with Gasteiger partial charge in [-0.3, -0.25) is 24.1 Å². The first-order valence-corrected chi connectivity index (χ1v) is 14.5. The number of fused-ring (bicyclic) bond motifs is 2. The Bertz CT molecular complexity index is 1870. The highest BCUT2D eigenvalue weighted by Crippen LogP contribution is 2.36. The number of carbonyl (C=O) groups excluding carboxylic acids is 4. The van der Waals surface area contributed by atoms with Gasteiger partial charge >= 0.3 is 0 Å². The summed E-state index contributed by atoms with van der Waals surface area (Å²) in [7, 11) is 0. The lowest BCUT2D eigenvalue weighted by atomic mass is 10.1. The van der Waals surface area contributed by atoms with Gasteiger partial charge < -0.3 is 24.7 Å². The Morgan fingerprint density at radius 1 is 0.953 bits per heavy atom. The van der Waals surface area contributed by atoms with Gasteiger partial charge in [-0.15, -0.1) is 0 Å². The molecule has 4 aromatic rings. The summed E-state index contributed by atoms with van der Waals surface area (Å²) in [5.41, 5.74) is 4.11. The molecule has 2 N–H and O–H groups in total. The first kappa shape index (κ1) is 28.4. The van der Waals surface area contributed by atoms with Crippen molar-refractivity contribution in [3.05, 3.63) is 87.4 Å². The van der Waals surface area contributed by atoms with Crippen LogP contribution in [0.15, 0.2) is 65.6 Å². The fourth-order valence-electron chi connectivity index (χ4n) is 4.99. The number of imide groups is 1. The van der Waals surface area contributed by atoms with Gasteiger partial charge in [-0.05, 0) is 67.6 Å². The molecule has 12 heteroatoms. The number of benzene rings is 3. The van der Waals surface area contributed by atoms with Crippen LogP contribution in [0.4, 0.5) is 16.2 Å². The summed E-state index contributed by atoms with van der Waals surface area (Å²) in [6.45, 7) is 3.38. The number of nitrogens with zero attached hydrogens (tertiary/aromatic N) is 2. The molecule has 43 heavy (non-hydrogen) atoms. The second kappa shape index (κ2) is 11.5. The van der Waals surface area contributed by atoms with Crippen LogP contribution < -0.4 is 20.1 Å². The number of rotatable bonds is 7. The Labute approximate surface area is 255 Å². The zero-order valence-corrected chi connectivity index (χ0v) is 24.7. The van der Waals surface area contributed by atoms with E-state index >= 15 is 0 Å². The van der Waals surface area contributed by atoms with Crippen LogP contribution in [0.1, 0.15) is 16.8 Å². The molecule has 0 saturated carbocycles. The molecule has 0 radical (unpaired) electrons. The number of halogens is 1. The fourth-order valence-corrected chi connectivity index (χ4v) is 5.98. The molecule has 4 amide bonds. The Morgan fingerprint density at radius 3 is 2.56 bits per heavy atom. The number of ether oxygens (including phenoxy) is 2. The number of aryl methyl sites for hydroxylation is 1. The third kappa shape index (κ3) is 5.69. The number of para-hydroxylation sites is 1. The minimum atomic E-state index is -0.565. The smallest absolute Gasteiger partial charge is 0.294 e. The highest BCUT2D eigenvalue weighted by Gasteiger charge is 2.36. The second-order valence-electron chi connectivity index (χ2n) is 9.99. The number of nitrogens with one attached hydrogen (secondary N) is 2. The van der Waals surface area contributed by atoms with E-state index in [1.807, 2.05) is 42.7 Å². The molecule has 3 aromatic carbocycles. The maximum absolute atomic E-state index is 13.3. The van der Waals surface area contributed by atoms with Crippen molar-refractivity contribution in [3.63, 3.8) is 0 Å². The van der Waals surface area contributed by atoms with Crippen LogP contribution in [-0.4, -0.2) is 45.8 Å². The van der Waals surface area contributed by atoms with Crippen molar-refractivity contribution in [1.82, 2.24) is 9.47 Å². The van der Waals surface area contributed by atoms with E-state index in [4.69, 9.17) is 21.1 Å². The minimum Gasteiger partial charge on any atom is -0.454 e. The predicted molar refractivity (Wildman–Crippen MR) is 165 cm³/mol. The van der Waals surface area contributed by atoms with Crippen LogP contribution in [-0.2, 0) is 20.9 Å². The van der Waals surface area contributed by atoms with Crippen LogP contribution in [0.3, 0.4) is 0 Å². The van der Waals surface area contributed by atoms with Crippen molar-refractivity contribution in [2.45, 2.75) is 20.4 Å². The molecule has 0 spiro atoms. The molecular weight excluding hydrogens is 592 g/mol.